The normalized spacial score (nSPS) is 13.7. The number of ether oxygens (including phenoxy) is 2. The summed E-state index contributed by atoms with van der Waals surface area (Å²) in [4.78, 5) is 29.2. The number of hydrogen-bond donors (Lipinski definition) is 2. The quantitative estimate of drug-likeness (QED) is 0.115. The van der Waals surface area contributed by atoms with Crippen molar-refractivity contribution in [1.82, 2.24) is 9.80 Å². The first-order valence-electron chi connectivity index (χ1n) is 16.9. The molecule has 5 rings (SSSR count). The van der Waals surface area contributed by atoms with Gasteiger partial charge in [-0.3, -0.25) is 9.80 Å². The number of alkyl halides is 3. The van der Waals surface area contributed by atoms with Crippen molar-refractivity contribution in [3.8, 4) is 11.5 Å². The molecule has 1 aliphatic heterocycles. The van der Waals surface area contributed by atoms with Gasteiger partial charge in [0.25, 0.3) is 0 Å². The number of halogens is 3. The zero-order chi connectivity index (χ0) is 36.2. The molecule has 12 heteroatoms. The molecule has 0 aliphatic carbocycles. The van der Waals surface area contributed by atoms with E-state index in [-0.39, 0.29) is 11.1 Å². The molecule has 0 radical (unpaired) electrons. The predicted molar refractivity (Wildman–Crippen MR) is 188 cm³/mol. The number of nitrogens with zero attached hydrogens (tertiary/aromatic N) is 3. The van der Waals surface area contributed by atoms with Crippen molar-refractivity contribution < 1.29 is 42.4 Å². The summed E-state index contributed by atoms with van der Waals surface area (Å²) in [5.74, 6) is -0.575. The zero-order valence-electron chi connectivity index (χ0n) is 28.2. The van der Waals surface area contributed by atoms with Gasteiger partial charge in [-0.2, -0.15) is 13.2 Å². The molecular formula is C39H42F3N3O6. The number of hydrogen-bond acceptors (Lipinski definition) is 7. The molecule has 0 bridgehead atoms. The minimum absolute atomic E-state index is 0.187. The van der Waals surface area contributed by atoms with Crippen LogP contribution in [-0.4, -0.2) is 91.0 Å². The molecule has 4 aromatic rings. The molecule has 1 fully saturated rings. The maximum absolute atomic E-state index is 12.9. The highest BCUT2D eigenvalue weighted by Gasteiger charge is 2.30. The smallest absolute Gasteiger partial charge is 0.416 e. The summed E-state index contributed by atoms with van der Waals surface area (Å²) >= 11 is 0. The van der Waals surface area contributed by atoms with Crippen LogP contribution < -0.4 is 14.4 Å². The van der Waals surface area contributed by atoms with E-state index >= 15 is 0 Å². The lowest BCUT2D eigenvalue weighted by atomic mass is 10.1. The van der Waals surface area contributed by atoms with Crippen LogP contribution in [0.2, 0.25) is 0 Å². The zero-order valence-corrected chi connectivity index (χ0v) is 28.2. The number of aromatic carboxylic acids is 2. The molecule has 0 unspecified atom stereocenters. The van der Waals surface area contributed by atoms with E-state index in [1.807, 2.05) is 30.3 Å². The van der Waals surface area contributed by atoms with Crippen molar-refractivity contribution in [2.75, 3.05) is 63.9 Å². The first-order chi connectivity index (χ1) is 24.5. The summed E-state index contributed by atoms with van der Waals surface area (Å²) in [6.07, 6.45) is -2.79. The van der Waals surface area contributed by atoms with E-state index in [1.54, 1.807) is 36.4 Å². The maximum atomic E-state index is 12.9. The van der Waals surface area contributed by atoms with Crippen LogP contribution in [0.5, 0.6) is 11.5 Å². The van der Waals surface area contributed by atoms with Crippen LogP contribution >= 0.6 is 0 Å². The summed E-state index contributed by atoms with van der Waals surface area (Å²) in [5.41, 5.74) is 2.62. The summed E-state index contributed by atoms with van der Waals surface area (Å²) in [7, 11) is 0. The van der Waals surface area contributed by atoms with E-state index in [4.69, 9.17) is 14.6 Å². The molecule has 1 saturated heterocycles. The van der Waals surface area contributed by atoms with Crippen LogP contribution in [0.1, 0.15) is 43.8 Å². The third-order valence-electron chi connectivity index (χ3n) is 8.86. The molecule has 0 amide bonds. The first kappa shape index (κ1) is 37.2. The Morgan fingerprint density at radius 1 is 0.725 bits per heavy atom. The highest BCUT2D eigenvalue weighted by molar-refractivity contribution is 5.88. The highest BCUT2D eigenvalue weighted by Crippen LogP contribution is 2.31. The molecule has 0 spiro atoms. The van der Waals surface area contributed by atoms with Crippen molar-refractivity contribution in [3.63, 3.8) is 0 Å². The third kappa shape index (κ3) is 11.2. The molecule has 4 aromatic carbocycles. The van der Waals surface area contributed by atoms with E-state index in [2.05, 4.69) is 20.8 Å². The van der Waals surface area contributed by atoms with Gasteiger partial charge in [0.05, 0.1) is 23.3 Å². The number of piperazine rings is 1. The number of rotatable bonds is 17. The summed E-state index contributed by atoms with van der Waals surface area (Å²) in [5, 5.41) is 18.4. The fraction of sp³-hybridized carbons (Fsp3) is 0.333. The SMILES string of the molecule is O=C(O)c1ccc(CN(CCOc2ccc(C(=O)O)cc2)CCc2ccccc2OCCCN2CCN(c3ccc(C(F)(F)F)cc3)CC2)cc1. The lowest BCUT2D eigenvalue weighted by Crippen LogP contribution is -2.46. The minimum atomic E-state index is -4.34. The van der Waals surface area contributed by atoms with E-state index in [1.165, 1.54) is 12.1 Å². The van der Waals surface area contributed by atoms with E-state index in [0.717, 1.165) is 73.8 Å². The predicted octanol–water partition coefficient (Wildman–Crippen LogP) is 6.82. The van der Waals surface area contributed by atoms with Gasteiger partial charge in [-0.15, -0.1) is 0 Å². The largest absolute Gasteiger partial charge is 0.493 e. The summed E-state index contributed by atoms with van der Waals surface area (Å²) in [6, 6.07) is 26.4. The van der Waals surface area contributed by atoms with Crippen molar-refractivity contribution in [3.05, 3.63) is 125 Å². The van der Waals surface area contributed by atoms with Crippen molar-refractivity contribution in [2.45, 2.75) is 25.6 Å². The van der Waals surface area contributed by atoms with Gasteiger partial charge in [0.15, 0.2) is 0 Å². The van der Waals surface area contributed by atoms with Crippen LogP contribution in [0, 0.1) is 0 Å². The van der Waals surface area contributed by atoms with Gasteiger partial charge in [0.1, 0.15) is 18.1 Å². The van der Waals surface area contributed by atoms with Crippen molar-refractivity contribution >= 4 is 17.6 Å². The number of para-hydroxylation sites is 1. The number of carbonyl (C=O) groups is 2. The van der Waals surface area contributed by atoms with Crippen LogP contribution in [0.25, 0.3) is 0 Å². The van der Waals surface area contributed by atoms with Gasteiger partial charge in [0, 0.05) is 58.0 Å². The lowest BCUT2D eigenvalue weighted by Gasteiger charge is -2.36. The minimum Gasteiger partial charge on any atom is -0.493 e. The van der Waals surface area contributed by atoms with Gasteiger partial charge in [0.2, 0.25) is 0 Å². The summed E-state index contributed by atoms with van der Waals surface area (Å²) in [6.45, 7) is 6.76. The number of anilines is 1. The Morgan fingerprint density at radius 2 is 1.35 bits per heavy atom. The molecule has 1 aliphatic rings. The van der Waals surface area contributed by atoms with E-state index in [0.29, 0.717) is 45.0 Å². The Bertz CT molecular complexity index is 1710. The van der Waals surface area contributed by atoms with Crippen molar-refractivity contribution in [2.24, 2.45) is 0 Å². The van der Waals surface area contributed by atoms with Gasteiger partial charge in [-0.05, 0) is 90.7 Å². The average molecular weight is 706 g/mol. The number of carboxylic acid groups (broad SMARTS) is 2. The molecule has 1 heterocycles. The van der Waals surface area contributed by atoms with Crippen LogP contribution in [0.3, 0.4) is 0 Å². The Balaban J connectivity index is 1.10. The molecule has 0 atom stereocenters. The highest BCUT2D eigenvalue weighted by atomic mass is 19.4. The van der Waals surface area contributed by atoms with Gasteiger partial charge >= 0.3 is 18.1 Å². The second-order valence-electron chi connectivity index (χ2n) is 12.4. The van der Waals surface area contributed by atoms with Gasteiger partial charge in [-0.25, -0.2) is 9.59 Å². The van der Waals surface area contributed by atoms with E-state index in [9.17, 15) is 27.9 Å². The molecule has 9 nitrogen and oxygen atoms in total. The maximum Gasteiger partial charge on any atom is 0.416 e. The van der Waals surface area contributed by atoms with E-state index < -0.39 is 23.7 Å². The summed E-state index contributed by atoms with van der Waals surface area (Å²) < 4.78 is 50.9. The number of carboxylic acids is 2. The average Bonchev–Trinajstić information content (AvgIpc) is 3.13. The monoisotopic (exact) mass is 705 g/mol. The van der Waals surface area contributed by atoms with Crippen LogP contribution in [0.15, 0.2) is 97.1 Å². The molecule has 2 N–H and O–H groups in total. The molecule has 51 heavy (non-hydrogen) atoms. The Hall–Kier alpha value is -5.07. The second kappa shape index (κ2) is 17.7. The fourth-order valence-corrected chi connectivity index (χ4v) is 5.96. The lowest BCUT2D eigenvalue weighted by molar-refractivity contribution is -0.137. The Kier molecular flexibility index (Phi) is 12.9. The second-order valence-corrected chi connectivity index (χ2v) is 12.4. The molecule has 270 valence electrons. The fourth-order valence-electron chi connectivity index (χ4n) is 5.96. The molecule has 0 saturated carbocycles. The standard InChI is InChI=1S/C39H42F3N3O6/c40-39(41,42)33-12-14-34(15-13-33)45-23-21-43(22-24-45)19-3-26-51-36-5-2-1-4-30(36)18-20-44(28-29-6-8-31(9-7-29)37(46)47)25-27-50-35-16-10-32(11-17-35)38(48)49/h1-2,4-17H,3,18-28H2,(H,46,47)(H,48,49). The Labute approximate surface area is 295 Å². The topological polar surface area (TPSA) is 103 Å². The van der Waals surface area contributed by atoms with Gasteiger partial charge in [-0.1, -0.05) is 30.3 Å². The third-order valence-corrected chi connectivity index (χ3v) is 8.86. The Morgan fingerprint density at radius 3 is 1.98 bits per heavy atom. The first-order valence-corrected chi connectivity index (χ1v) is 16.9. The molecule has 0 aromatic heterocycles. The van der Waals surface area contributed by atoms with Gasteiger partial charge < -0.3 is 24.6 Å². The number of benzene rings is 4. The van der Waals surface area contributed by atoms with Crippen LogP contribution in [-0.2, 0) is 19.1 Å². The molecular weight excluding hydrogens is 663 g/mol. The van der Waals surface area contributed by atoms with Crippen LogP contribution in [0.4, 0.5) is 18.9 Å². The van der Waals surface area contributed by atoms with Crippen molar-refractivity contribution in [1.29, 1.82) is 0 Å².